The van der Waals surface area contributed by atoms with Crippen LogP contribution in [0.4, 0.5) is 0 Å². The van der Waals surface area contributed by atoms with Gasteiger partial charge >= 0.3 is 0 Å². The zero-order chi connectivity index (χ0) is 34.1. The maximum atomic E-state index is 4.99. The van der Waals surface area contributed by atoms with Crippen molar-refractivity contribution >= 4 is 32.3 Å². The molecule has 0 N–H and O–H groups in total. The van der Waals surface area contributed by atoms with Crippen molar-refractivity contribution in [2.45, 2.75) is 19.3 Å². The molecule has 0 unspecified atom stereocenters. The topological polar surface area (TPSA) is 38.7 Å². The highest BCUT2D eigenvalue weighted by molar-refractivity contribution is 6.28. The zero-order valence-corrected chi connectivity index (χ0v) is 28.4. The maximum absolute atomic E-state index is 4.99. The van der Waals surface area contributed by atoms with Gasteiger partial charge in [-0.15, -0.1) is 0 Å². The van der Waals surface area contributed by atoms with Crippen LogP contribution in [0.2, 0.25) is 0 Å². The fourth-order valence-electron chi connectivity index (χ4n) is 8.27. The summed E-state index contributed by atoms with van der Waals surface area (Å²) in [6, 6.07) is 58.3. The Bertz CT molecular complexity index is 2740. The van der Waals surface area contributed by atoms with Gasteiger partial charge in [0.1, 0.15) is 0 Å². The lowest BCUT2D eigenvalue weighted by atomic mass is 9.78. The molecule has 3 nitrogen and oxygen atoms in total. The molecular weight excluding hydrogens is 619 g/mol. The fourth-order valence-corrected chi connectivity index (χ4v) is 8.27. The Morgan fingerprint density at radius 2 is 0.863 bits per heavy atom. The van der Waals surface area contributed by atoms with Gasteiger partial charge in [0.15, 0.2) is 17.5 Å². The minimum Gasteiger partial charge on any atom is -0.208 e. The summed E-state index contributed by atoms with van der Waals surface area (Å²) in [4.78, 5) is 14.9. The predicted molar refractivity (Wildman–Crippen MR) is 212 cm³/mol. The molecule has 51 heavy (non-hydrogen) atoms. The van der Waals surface area contributed by atoms with Gasteiger partial charge in [-0.1, -0.05) is 166 Å². The molecule has 0 spiro atoms. The average molecular weight is 652 g/mol. The third kappa shape index (κ3) is 4.62. The third-order valence-corrected chi connectivity index (χ3v) is 10.7. The maximum Gasteiger partial charge on any atom is 0.164 e. The number of rotatable bonds is 4. The van der Waals surface area contributed by atoms with E-state index in [0.717, 1.165) is 27.8 Å². The van der Waals surface area contributed by atoms with E-state index in [-0.39, 0.29) is 5.41 Å². The van der Waals surface area contributed by atoms with E-state index in [1.165, 1.54) is 54.6 Å². The second-order valence-corrected chi connectivity index (χ2v) is 14.0. The first kappa shape index (κ1) is 29.5. The first-order valence-electron chi connectivity index (χ1n) is 17.5. The predicted octanol–water partition coefficient (Wildman–Crippen LogP) is 12.3. The molecule has 9 aromatic rings. The molecule has 0 saturated carbocycles. The van der Waals surface area contributed by atoms with Gasteiger partial charge in [-0.2, -0.15) is 0 Å². The molecule has 1 heterocycles. The summed E-state index contributed by atoms with van der Waals surface area (Å²) >= 11 is 0. The molecule has 0 saturated heterocycles. The SMILES string of the molecule is CC1(C)c2ccccc2-c2ccc3c4ccc(-c5cccc(-c6nc(-c7ccccc7)nc(-c7ccccc7)n6)c5)cc4c4ccccc4c3c21. The second-order valence-electron chi connectivity index (χ2n) is 14.0. The molecule has 1 aromatic heterocycles. The number of aromatic nitrogens is 3. The first-order valence-corrected chi connectivity index (χ1v) is 17.5. The molecule has 3 heteroatoms. The summed E-state index contributed by atoms with van der Waals surface area (Å²) < 4.78 is 0. The summed E-state index contributed by atoms with van der Waals surface area (Å²) in [5.74, 6) is 1.97. The Balaban J connectivity index is 1.15. The summed E-state index contributed by atoms with van der Waals surface area (Å²) in [6.07, 6.45) is 0. The van der Waals surface area contributed by atoms with Gasteiger partial charge in [-0.05, 0) is 77.8 Å². The Morgan fingerprint density at radius 1 is 0.353 bits per heavy atom. The summed E-state index contributed by atoms with van der Waals surface area (Å²) in [5, 5.41) is 7.77. The monoisotopic (exact) mass is 651 g/mol. The Kier molecular flexibility index (Phi) is 6.53. The second kappa shape index (κ2) is 11.3. The highest BCUT2D eigenvalue weighted by Crippen LogP contribution is 2.53. The molecule has 0 radical (unpaired) electrons. The number of hydrogen-bond donors (Lipinski definition) is 0. The standard InChI is InChI=1S/C48H33N3/c1-48(2)42-23-12-11-21-37(42)40-27-26-39-36-25-24-33(29-41(36)35-20-9-10-22-38(35)43(39)44(40)48)32-18-13-19-34(28-32)47-50-45(30-14-5-3-6-15-30)49-46(51-47)31-16-7-4-8-17-31/h3-29H,1-2H3. The Hall–Kier alpha value is -6.45. The molecule has 240 valence electrons. The average Bonchev–Trinajstić information content (AvgIpc) is 3.44. The number of hydrogen-bond acceptors (Lipinski definition) is 3. The summed E-state index contributed by atoms with van der Waals surface area (Å²) in [7, 11) is 0. The first-order chi connectivity index (χ1) is 25.0. The largest absolute Gasteiger partial charge is 0.208 e. The number of fused-ring (bicyclic) bond motifs is 10. The molecule has 1 aliphatic rings. The molecule has 0 atom stereocenters. The molecule has 0 amide bonds. The van der Waals surface area contributed by atoms with Crippen LogP contribution < -0.4 is 0 Å². The van der Waals surface area contributed by atoms with Gasteiger partial charge < -0.3 is 0 Å². The van der Waals surface area contributed by atoms with Crippen molar-refractivity contribution in [2.24, 2.45) is 0 Å². The van der Waals surface area contributed by atoms with Gasteiger partial charge in [0.25, 0.3) is 0 Å². The smallest absolute Gasteiger partial charge is 0.164 e. The van der Waals surface area contributed by atoms with Gasteiger partial charge in [0.05, 0.1) is 0 Å². The number of benzene rings is 8. The zero-order valence-electron chi connectivity index (χ0n) is 28.4. The molecule has 10 rings (SSSR count). The summed E-state index contributed by atoms with van der Waals surface area (Å²) in [6.45, 7) is 4.76. The third-order valence-electron chi connectivity index (χ3n) is 10.7. The van der Waals surface area contributed by atoms with E-state index < -0.39 is 0 Å². The van der Waals surface area contributed by atoms with Gasteiger partial charge in [0, 0.05) is 22.1 Å². The van der Waals surface area contributed by atoms with E-state index in [9.17, 15) is 0 Å². The van der Waals surface area contributed by atoms with Crippen LogP contribution in [0.3, 0.4) is 0 Å². The molecule has 1 aliphatic carbocycles. The molecule has 8 aromatic carbocycles. The Labute approximate surface area is 297 Å². The van der Waals surface area contributed by atoms with Gasteiger partial charge in [0.2, 0.25) is 0 Å². The van der Waals surface area contributed by atoms with E-state index >= 15 is 0 Å². The van der Waals surface area contributed by atoms with Crippen LogP contribution in [0, 0.1) is 0 Å². The fraction of sp³-hybridized carbons (Fsp3) is 0.0625. The van der Waals surface area contributed by atoms with Crippen molar-refractivity contribution < 1.29 is 0 Å². The highest BCUT2D eigenvalue weighted by atomic mass is 15.0. The van der Waals surface area contributed by atoms with Crippen molar-refractivity contribution in [3.05, 3.63) is 175 Å². The van der Waals surface area contributed by atoms with Crippen LogP contribution in [0.5, 0.6) is 0 Å². The van der Waals surface area contributed by atoms with Crippen LogP contribution in [0.25, 0.3) is 88.7 Å². The molecule has 0 fully saturated rings. The van der Waals surface area contributed by atoms with E-state index in [1.54, 1.807) is 0 Å². The van der Waals surface area contributed by atoms with E-state index in [0.29, 0.717) is 17.5 Å². The van der Waals surface area contributed by atoms with Crippen LogP contribution in [-0.2, 0) is 5.41 Å². The van der Waals surface area contributed by atoms with Crippen LogP contribution in [0.1, 0.15) is 25.0 Å². The van der Waals surface area contributed by atoms with Crippen LogP contribution in [0.15, 0.2) is 164 Å². The lowest BCUT2D eigenvalue weighted by Gasteiger charge is -2.24. The molecular formula is C48H33N3. The van der Waals surface area contributed by atoms with Crippen molar-refractivity contribution in [1.29, 1.82) is 0 Å². The highest BCUT2D eigenvalue weighted by Gasteiger charge is 2.37. The Morgan fingerprint density at radius 3 is 1.59 bits per heavy atom. The van der Waals surface area contributed by atoms with Crippen molar-refractivity contribution in [3.63, 3.8) is 0 Å². The van der Waals surface area contributed by atoms with Gasteiger partial charge in [-0.25, -0.2) is 15.0 Å². The van der Waals surface area contributed by atoms with E-state index in [2.05, 4.69) is 117 Å². The van der Waals surface area contributed by atoms with E-state index in [4.69, 9.17) is 15.0 Å². The van der Waals surface area contributed by atoms with Crippen LogP contribution >= 0.6 is 0 Å². The van der Waals surface area contributed by atoms with E-state index in [1.807, 2.05) is 60.7 Å². The summed E-state index contributed by atoms with van der Waals surface area (Å²) in [5.41, 5.74) is 10.6. The lowest BCUT2D eigenvalue weighted by Crippen LogP contribution is -2.15. The quantitative estimate of drug-likeness (QED) is 0.178. The molecule has 0 aliphatic heterocycles. The van der Waals surface area contributed by atoms with Gasteiger partial charge in [-0.3, -0.25) is 0 Å². The van der Waals surface area contributed by atoms with Crippen molar-refractivity contribution in [1.82, 2.24) is 15.0 Å². The minimum atomic E-state index is -0.0992. The lowest BCUT2D eigenvalue weighted by molar-refractivity contribution is 0.666. The van der Waals surface area contributed by atoms with Crippen LogP contribution in [-0.4, -0.2) is 15.0 Å². The van der Waals surface area contributed by atoms with Crippen molar-refractivity contribution in [3.8, 4) is 56.4 Å². The molecule has 0 bridgehead atoms. The normalized spacial score (nSPS) is 13.1. The number of nitrogens with zero attached hydrogens (tertiary/aromatic N) is 3. The minimum absolute atomic E-state index is 0.0992. The van der Waals surface area contributed by atoms with Crippen molar-refractivity contribution in [2.75, 3.05) is 0 Å².